The van der Waals surface area contributed by atoms with Crippen LogP contribution >= 0.6 is 0 Å². The number of aromatic nitrogens is 2. The van der Waals surface area contributed by atoms with Crippen molar-refractivity contribution in [1.29, 1.82) is 0 Å². The Balaban J connectivity index is 1.31. The largest absolute Gasteiger partial charge is 0.347 e. The molecule has 5 heteroatoms. The van der Waals surface area contributed by atoms with Crippen molar-refractivity contribution in [2.45, 2.75) is 50.5 Å². The van der Waals surface area contributed by atoms with E-state index >= 15 is 0 Å². The van der Waals surface area contributed by atoms with Crippen molar-refractivity contribution in [3.8, 4) is 0 Å². The first-order valence-electron chi connectivity index (χ1n) is 8.28. The number of hydrogen-bond donors (Lipinski definition) is 2. The maximum Gasteiger partial charge on any atom is 0.168 e. The van der Waals surface area contributed by atoms with E-state index in [1.54, 1.807) is 0 Å². The number of fused-ring (bicyclic) bond motifs is 1. The van der Waals surface area contributed by atoms with Gasteiger partial charge in [0.05, 0.1) is 24.4 Å². The van der Waals surface area contributed by atoms with Crippen LogP contribution < -0.4 is 5.32 Å². The van der Waals surface area contributed by atoms with E-state index in [-0.39, 0.29) is 11.9 Å². The second-order valence-electron chi connectivity index (χ2n) is 6.40. The zero-order valence-electron chi connectivity index (χ0n) is 12.8. The van der Waals surface area contributed by atoms with Gasteiger partial charge in [-0.25, -0.2) is 0 Å². The second-order valence-corrected chi connectivity index (χ2v) is 6.40. The standard InChI is InChI=1S/C17H23N3O2/c1-2-7-17(8-3-1)21-12-15(22-17)11-18-9-13-5-4-6-14-10-19-20-16(13)14/h4-6,10,15,18H,1-3,7-9,11-12H2,(H,19,20). The number of rotatable bonds is 4. The Kier molecular flexibility index (Phi) is 3.86. The van der Waals surface area contributed by atoms with Crippen molar-refractivity contribution >= 4 is 10.9 Å². The van der Waals surface area contributed by atoms with Crippen molar-refractivity contribution in [2.75, 3.05) is 13.2 Å². The zero-order valence-corrected chi connectivity index (χ0v) is 12.8. The molecule has 1 saturated heterocycles. The smallest absolute Gasteiger partial charge is 0.168 e. The minimum Gasteiger partial charge on any atom is -0.347 e. The van der Waals surface area contributed by atoms with Crippen LogP contribution in [0.4, 0.5) is 0 Å². The molecule has 1 aromatic carbocycles. The van der Waals surface area contributed by atoms with Gasteiger partial charge in [0, 0.05) is 31.3 Å². The summed E-state index contributed by atoms with van der Waals surface area (Å²) in [5, 5.41) is 11.8. The lowest BCUT2D eigenvalue weighted by Crippen LogP contribution is -2.35. The highest BCUT2D eigenvalue weighted by Gasteiger charge is 2.41. The van der Waals surface area contributed by atoms with Gasteiger partial charge in [-0.15, -0.1) is 0 Å². The van der Waals surface area contributed by atoms with Crippen LogP contribution in [0.2, 0.25) is 0 Å². The zero-order chi connectivity index (χ0) is 14.8. The maximum atomic E-state index is 6.20. The number of hydrogen-bond acceptors (Lipinski definition) is 4. The number of para-hydroxylation sites is 1. The third-order valence-electron chi connectivity index (χ3n) is 4.78. The molecule has 1 unspecified atom stereocenters. The summed E-state index contributed by atoms with van der Waals surface area (Å²) in [7, 11) is 0. The fourth-order valence-corrected chi connectivity index (χ4v) is 3.62. The van der Waals surface area contributed by atoms with Gasteiger partial charge < -0.3 is 14.8 Å². The Bertz CT molecular complexity index is 634. The monoisotopic (exact) mass is 301 g/mol. The molecule has 1 spiro atoms. The summed E-state index contributed by atoms with van der Waals surface area (Å²) in [5.41, 5.74) is 2.35. The molecular formula is C17H23N3O2. The van der Waals surface area contributed by atoms with Crippen molar-refractivity contribution in [1.82, 2.24) is 15.5 Å². The molecule has 5 nitrogen and oxygen atoms in total. The van der Waals surface area contributed by atoms with Crippen molar-refractivity contribution in [3.05, 3.63) is 30.0 Å². The minimum absolute atomic E-state index is 0.166. The predicted molar refractivity (Wildman–Crippen MR) is 84.4 cm³/mol. The SMILES string of the molecule is c1cc(CNCC2COC3(CCCCC3)O2)c2[nH]ncc2c1. The molecule has 1 saturated carbocycles. The third kappa shape index (κ3) is 2.76. The summed E-state index contributed by atoms with van der Waals surface area (Å²) < 4.78 is 12.2. The van der Waals surface area contributed by atoms with Gasteiger partial charge in [0.1, 0.15) is 0 Å². The van der Waals surface area contributed by atoms with E-state index in [0.717, 1.165) is 36.8 Å². The summed E-state index contributed by atoms with van der Waals surface area (Å²) in [6, 6.07) is 6.27. The number of nitrogens with zero attached hydrogens (tertiary/aromatic N) is 1. The molecule has 118 valence electrons. The average molecular weight is 301 g/mol. The molecule has 4 rings (SSSR count). The highest BCUT2D eigenvalue weighted by Crippen LogP contribution is 2.37. The molecule has 0 radical (unpaired) electrons. The van der Waals surface area contributed by atoms with Gasteiger partial charge in [0.15, 0.2) is 5.79 Å². The van der Waals surface area contributed by atoms with E-state index in [1.807, 2.05) is 6.20 Å². The van der Waals surface area contributed by atoms with Gasteiger partial charge in [0.2, 0.25) is 0 Å². The summed E-state index contributed by atoms with van der Waals surface area (Å²) in [6.45, 7) is 2.35. The van der Waals surface area contributed by atoms with Crippen molar-refractivity contribution in [2.24, 2.45) is 0 Å². The van der Waals surface area contributed by atoms with Gasteiger partial charge in [-0.3, -0.25) is 5.10 Å². The van der Waals surface area contributed by atoms with Crippen molar-refractivity contribution < 1.29 is 9.47 Å². The van der Waals surface area contributed by atoms with Gasteiger partial charge in [0.25, 0.3) is 0 Å². The molecule has 1 aliphatic heterocycles. The van der Waals surface area contributed by atoms with E-state index in [1.165, 1.54) is 24.8 Å². The van der Waals surface area contributed by atoms with Gasteiger partial charge >= 0.3 is 0 Å². The topological polar surface area (TPSA) is 59.2 Å². The molecule has 0 bridgehead atoms. The molecule has 2 fully saturated rings. The van der Waals surface area contributed by atoms with Gasteiger partial charge in [-0.05, 0) is 18.4 Å². The van der Waals surface area contributed by atoms with E-state index in [4.69, 9.17) is 9.47 Å². The molecular weight excluding hydrogens is 278 g/mol. The van der Waals surface area contributed by atoms with Gasteiger partial charge in [-0.1, -0.05) is 24.6 Å². The first-order valence-corrected chi connectivity index (χ1v) is 8.28. The highest BCUT2D eigenvalue weighted by molar-refractivity contribution is 5.81. The maximum absolute atomic E-state index is 6.20. The Morgan fingerprint density at radius 1 is 1.27 bits per heavy atom. The van der Waals surface area contributed by atoms with Crippen LogP contribution in [0.1, 0.15) is 37.7 Å². The van der Waals surface area contributed by atoms with Crippen molar-refractivity contribution in [3.63, 3.8) is 0 Å². The van der Waals surface area contributed by atoms with E-state index in [9.17, 15) is 0 Å². The van der Waals surface area contributed by atoms with E-state index in [0.29, 0.717) is 6.61 Å². The molecule has 1 aliphatic carbocycles. The van der Waals surface area contributed by atoms with E-state index < -0.39 is 0 Å². The molecule has 2 heterocycles. The minimum atomic E-state index is -0.270. The molecule has 1 atom stereocenters. The van der Waals surface area contributed by atoms with Crippen LogP contribution in [0.3, 0.4) is 0 Å². The normalized spacial score (nSPS) is 24.3. The van der Waals surface area contributed by atoms with Crippen LogP contribution in [0.25, 0.3) is 10.9 Å². The predicted octanol–water partition coefficient (Wildman–Crippen LogP) is 2.73. The number of H-pyrrole nitrogens is 1. The quantitative estimate of drug-likeness (QED) is 0.911. The van der Waals surface area contributed by atoms with Crippen LogP contribution in [0.5, 0.6) is 0 Å². The van der Waals surface area contributed by atoms with Gasteiger partial charge in [-0.2, -0.15) is 5.10 Å². The average Bonchev–Trinajstić information content (AvgIpc) is 3.16. The number of aromatic amines is 1. The Labute approximate surface area is 130 Å². The lowest BCUT2D eigenvalue weighted by Gasteiger charge is -2.31. The summed E-state index contributed by atoms with van der Waals surface area (Å²) in [4.78, 5) is 0. The fourth-order valence-electron chi connectivity index (χ4n) is 3.62. The lowest BCUT2D eigenvalue weighted by molar-refractivity contribution is -0.186. The van der Waals surface area contributed by atoms with Crippen LogP contribution in [0.15, 0.2) is 24.4 Å². The summed E-state index contributed by atoms with van der Waals surface area (Å²) in [5.74, 6) is -0.270. The molecule has 1 aromatic heterocycles. The first kappa shape index (κ1) is 14.2. The van der Waals surface area contributed by atoms with Crippen LogP contribution in [0, 0.1) is 0 Å². The summed E-state index contributed by atoms with van der Waals surface area (Å²) in [6.07, 6.45) is 7.89. The van der Waals surface area contributed by atoms with Crippen LogP contribution in [-0.4, -0.2) is 35.2 Å². The third-order valence-corrected chi connectivity index (χ3v) is 4.78. The Morgan fingerprint density at radius 2 is 2.18 bits per heavy atom. The second kappa shape index (κ2) is 5.99. The Hall–Kier alpha value is -1.43. The molecule has 0 amide bonds. The number of ether oxygens (including phenoxy) is 2. The van der Waals surface area contributed by atoms with Crippen LogP contribution in [-0.2, 0) is 16.0 Å². The molecule has 2 aromatic rings. The molecule has 2 aliphatic rings. The first-order chi connectivity index (χ1) is 10.8. The molecule has 2 N–H and O–H groups in total. The van der Waals surface area contributed by atoms with E-state index in [2.05, 4.69) is 33.7 Å². The Morgan fingerprint density at radius 3 is 3.09 bits per heavy atom. The fraction of sp³-hybridized carbons (Fsp3) is 0.588. The summed E-state index contributed by atoms with van der Waals surface area (Å²) >= 11 is 0. The highest BCUT2D eigenvalue weighted by atomic mass is 16.7. The lowest BCUT2D eigenvalue weighted by atomic mass is 9.94. The number of nitrogens with one attached hydrogen (secondary N) is 2. The number of benzene rings is 1. The molecule has 22 heavy (non-hydrogen) atoms.